The van der Waals surface area contributed by atoms with Gasteiger partial charge in [0, 0.05) is 6.04 Å². The molecule has 0 unspecified atom stereocenters. The standard InChI is InChI=1S/C13H26FN/c1-2-3-4-5-8-11-15-13-10-7-6-9-12(13)14/h12-13,15H,2-11H2,1H3/t12-,13-/m1/s1. The minimum atomic E-state index is -0.589. The Morgan fingerprint density at radius 2 is 1.80 bits per heavy atom. The van der Waals surface area contributed by atoms with E-state index in [0.29, 0.717) is 0 Å². The summed E-state index contributed by atoms with van der Waals surface area (Å²) in [7, 11) is 0. The van der Waals surface area contributed by atoms with Crippen LogP contribution < -0.4 is 5.32 Å². The monoisotopic (exact) mass is 215 g/mol. The molecule has 0 aromatic rings. The normalized spacial score (nSPS) is 26.8. The lowest BCUT2D eigenvalue weighted by Gasteiger charge is -2.26. The maximum atomic E-state index is 13.4. The average molecular weight is 215 g/mol. The zero-order chi connectivity index (χ0) is 10.9. The number of halogens is 1. The molecule has 2 atom stereocenters. The summed E-state index contributed by atoms with van der Waals surface area (Å²) < 4.78 is 13.4. The molecule has 1 aliphatic carbocycles. The molecule has 0 bridgehead atoms. The van der Waals surface area contributed by atoms with E-state index in [1.165, 1.54) is 38.5 Å². The van der Waals surface area contributed by atoms with Crippen molar-refractivity contribution in [2.75, 3.05) is 6.54 Å². The highest BCUT2D eigenvalue weighted by Gasteiger charge is 2.23. The van der Waals surface area contributed by atoms with Gasteiger partial charge in [-0.3, -0.25) is 0 Å². The molecule has 90 valence electrons. The van der Waals surface area contributed by atoms with Crippen LogP contribution in [0.2, 0.25) is 0 Å². The van der Waals surface area contributed by atoms with Crippen LogP contribution >= 0.6 is 0 Å². The molecule has 1 fully saturated rings. The molecule has 0 amide bonds. The largest absolute Gasteiger partial charge is 0.311 e. The highest BCUT2D eigenvalue weighted by molar-refractivity contribution is 4.80. The van der Waals surface area contributed by atoms with Crippen LogP contribution in [-0.2, 0) is 0 Å². The molecule has 15 heavy (non-hydrogen) atoms. The first-order valence-corrected chi connectivity index (χ1v) is 6.72. The summed E-state index contributed by atoms with van der Waals surface area (Å²) in [4.78, 5) is 0. The summed E-state index contributed by atoms with van der Waals surface area (Å²) in [5.41, 5.74) is 0. The van der Waals surface area contributed by atoms with E-state index in [2.05, 4.69) is 12.2 Å². The summed E-state index contributed by atoms with van der Waals surface area (Å²) in [6.45, 7) is 3.24. The van der Waals surface area contributed by atoms with E-state index < -0.39 is 6.17 Å². The Balaban J connectivity index is 1.94. The van der Waals surface area contributed by atoms with Gasteiger partial charge < -0.3 is 5.32 Å². The minimum absolute atomic E-state index is 0.157. The quantitative estimate of drug-likeness (QED) is 0.636. The van der Waals surface area contributed by atoms with Crippen LogP contribution in [-0.4, -0.2) is 18.8 Å². The summed E-state index contributed by atoms with van der Waals surface area (Å²) in [6.07, 6.45) is 9.98. The molecule has 1 rings (SSSR count). The van der Waals surface area contributed by atoms with Crippen LogP contribution in [0, 0.1) is 0 Å². The van der Waals surface area contributed by atoms with Crippen LogP contribution in [0.15, 0.2) is 0 Å². The highest BCUT2D eigenvalue weighted by atomic mass is 19.1. The molecule has 1 nitrogen and oxygen atoms in total. The Bertz CT molecular complexity index is 149. The maximum absolute atomic E-state index is 13.4. The van der Waals surface area contributed by atoms with Crippen molar-refractivity contribution in [2.24, 2.45) is 0 Å². The predicted octanol–water partition coefficient (Wildman–Crippen LogP) is 3.83. The number of hydrogen-bond acceptors (Lipinski definition) is 1. The van der Waals surface area contributed by atoms with E-state index in [9.17, 15) is 4.39 Å². The van der Waals surface area contributed by atoms with Gasteiger partial charge in [-0.1, -0.05) is 45.4 Å². The minimum Gasteiger partial charge on any atom is -0.311 e. The third-order valence-electron chi connectivity index (χ3n) is 3.37. The van der Waals surface area contributed by atoms with Crippen molar-refractivity contribution in [3.05, 3.63) is 0 Å². The van der Waals surface area contributed by atoms with Crippen molar-refractivity contribution in [3.63, 3.8) is 0 Å². The maximum Gasteiger partial charge on any atom is 0.115 e. The fourth-order valence-electron chi connectivity index (χ4n) is 2.33. The summed E-state index contributed by atoms with van der Waals surface area (Å²) in [5.74, 6) is 0. The molecule has 0 radical (unpaired) electrons. The summed E-state index contributed by atoms with van der Waals surface area (Å²) in [5, 5.41) is 3.37. The SMILES string of the molecule is CCCCCCCN[C@@H]1CCCC[C@H]1F. The molecule has 0 saturated heterocycles. The average Bonchev–Trinajstić information content (AvgIpc) is 2.25. The zero-order valence-electron chi connectivity index (χ0n) is 10.1. The van der Waals surface area contributed by atoms with E-state index in [1.54, 1.807) is 0 Å². The first-order valence-electron chi connectivity index (χ1n) is 6.72. The molecule has 2 heteroatoms. The highest BCUT2D eigenvalue weighted by Crippen LogP contribution is 2.21. The number of nitrogens with one attached hydrogen (secondary N) is 1. The van der Waals surface area contributed by atoms with Crippen molar-refractivity contribution in [1.29, 1.82) is 0 Å². The van der Waals surface area contributed by atoms with Crippen molar-refractivity contribution in [2.45, 2.75) is 76.9 Å². The van der Waals surface area contributed by atoms with Crippen molar-refractivity contribution < 1.29 is 4.39 Å². The lowest BCUT2D eigenvalue weighted by molar-refractivity contribution is 0.189. The van der Waals surface area contributed by atoms with E-state index >= 15 is 0 Å². The van der Waals surface area contributed by atoms with Gasteiger partial charge in [-0.15, -0.1) is 0 Å². The molecule has 0 heterocycles. The smallest absolute Gasteiger partial charge is 0.115 e. The number of rotatable bonds is 7. The Labute approximate surface area is 93.8 Å². The second-order valence-corrected chi connectivity index (χ2v) is 4.78. The van der Waals surface area contributed by atoms with E-state index in [4.69, 9.17) is 0 Å². The van der Waals surface area contributed by atoms with Crippen LogP contribution in [0.3, 0.4) is 0 Å². The second-order valence-electron chi connectivity index (χ2n) is 4.78. The van der Waals surface area contributed by atoms with Gasteiger partial charge >= 0.3 is 0 Å². The molecule has 0 aliphatic heterocycles. The van der Waals surface area contributed by atoms with E-state index in [0.717, 1.165) is 25.8 Å². The Morgan fingerprint density at radius 3 is 2.53 bits per heavy atom. The molecule has 1 saturated carbocycles. The Morgan fingerprint density at radius 1 is 1.07 bits per heavy atom. The van der Waals surface area contributed by atoms with Crippen LogP contribution in [0.4, 0.5) is 4.39 Å². The van der Waals surface area contributed by atoms with Gasteiger partial charge in [0.2, 0.25) is 0 Å². The number of alkyl halides is 1. The fourth-order valence-corrected chi connectivity index (χ4v) is 2.33. The Hall–Kier alpha value is -0.110. The molecule has 1 aliphatic rings. The second kappa shape index (κ2) is 8.09. The third kappa shape index (κ3) is 5.50. The number of unbranched alkanes of at least 4 members (excludes halogenated alkanes) is 4. The van der Waals surface area contributed by atoms with Gasteiger partial charge in [-0.05, 0) is 25.8 Å². The molecule has 0 aromatic carbocycles. The van der Waals surface area contributed by atoms with Gasteiger partial charge in [0.15, 0.2) is 0 Å². The molecular formula is C13H26FN. The molecule has 0 spiro atoms. The predicted molar refractivity (Wildman–Crippen MR) is 63.9 cm³/mol. The van der Waals surface area contributed by atoms with Gasteiger partial charge in [-0.25, -0.2) is 4.39 Å². The first-order chi connectivity index (χ1) is 7.34. The van der Waals surface area contributed by atoms with Gasteiger partial charge in [0.1, 0.15) is 6.17 Å². The summed E-state index contributed by atoms with van der Waals surface area (Å²) >= 11 is 0. The van der Waals surface area contributed by atoms with Crippen LogP contribution in [0.5, 0.6) is 0 Å². The number of hydrogen-bond donors (Lipinski definition) is 1. The van der Waals surface area contributed by atoms with Crippen molar-refractivity contribution >= 4 is 0 Å². The lowest BCUT2D eigenvalue weighted by atomic mass is 9.93. The Kier molecular flexibility index (Phi) is 6.99. The van der Waals surface area contributed by atoms with Gasteiger partial charge in [-0.2, -0.15) is 0 Å². The van der Waals surface area contributed by atoms with Crippen LogP contribution in [0.25, 0.3) is 0 Å². The van der Waals surface area contributed by atoms with Crippen molar-refractivity contribution in [1.82, 2.24) is 5.32 Å². The topological polar surface area (TPSA) is 12.0 Å². The molecule has 1 N–H and O–H groups in total. The van der Waals surface area contributed by atoms with E-state index in [1.807, 2.05) is 0 Å². The zero-order valence-corrected chi connectivity index (χ0v) is 10.1. The fraction of sp³-hybridized carbons (Fsp3) is 1.00. The van der Waals surface area contributed by atoms with Crippen molar-refractivity contribution in [3.8, 4) is 0 Å². The van der Waals surface area contributed by atoms with Gasteiger partial charge in [0.05, 0.1) is 0 Å². The lowest BCUT2D eigenvalue weighted by Crippen LogP contribution is -2.40. The first kappa shape index (κ1) is 13.0. The third-order valence-corrected chi connectivity index (χ3v) is 3.37. The van der Waals surface area contributed by atoms with E-state index in [-0.39, 0.29) is 6.04 Å². The molecule has 0 aromatic heterocycles. The van der Waals surface area contributed by atoms with Gasteiger partial charge in [0.25, 0.3) is 0 Å². The molecular weight excluding hydrogens is 189 g/mol. The summed E-state index contributed by atoms with van der Waals surface area (Å²) in [6, 6.07) is 0.157. The van der Waals surface area contributed by atoms with Crippen LogP contribution in [0.1, 0.15) is 64.7 Å².